The van der Waals surface area contributed by atoms with E-state index in [4.69, 9.17) is 9.47 Å². The molecule has 1 amide bonds. The number of carbonyl (C=O) groups excluding carboxylic acids is 1. The topological polar surface area (TPSA) is 67.8 Å². The predicted molar refractivity (Wildman–Crippen MR) is 81.5 cm³/mol. The first-order chi connectivity index (χ1) is 10.0. The van der Waals surface area contributed by atoms with Crippen LogP contribution in [0.15, 0.2) is 18.2 Å². The monoisotopic (exact) mass is 295 g/mol. The lowest BCUT2D eigenvalue weighted by molar-refractivity contribution is -0.121. The summed E-state index contributed by atoms with van der Waals surface area (Å²) >= 11 is 0. The third-order valence-electron chi connectivity index (χ3n) is 3.08. The molecule has 0 aliphatic heterocycles. The molecule has 2 N–H and O–H groups in total. The molecule has 0 saturated heterocycles. The van der Waals surface area contributed by atoms with Crippen molar-refractivity contribution in [3.8, 4) is 5.75 Å². The fraction of sp³-hybridized carbons (Fsp3) is 0.562. The number of aliphatic hydroxyl groups is 1. The van der Waals surface area contributed by atoms with Crippen LogP contribution >= 0.6 is 0 Å². The molecular weight excluding hydrogens is 270 g/mol. The summed E-state index contributed by atoms with van der Waals surface area (Å²) in [6, 6.07) is 5.95. The lowest BCUT2D eigenvalue weighted by Crippen LogP contribution is -2.29. The van der Waals surface area contributed by atoms with E-state index in [1.54, 1.807) is 0 Å². The Hall–Kier alpha value is -1.59. The summed E-state index contributed by atoms with van der Waals surface area (Å²) in [5.41, 5.74) is 2.25. The molecule has 0 aliphatic rings. The van der Waals surface area contributed by atoms with Crippen LogP contribution in [-0.2, 0) is 9.53 Å². The van der Waals surface area contributed by atoms with Gasteiger partial charge in [-0.15, -0.1) is 0 Å². The van der Waals surface area contributed by atoms with Crippen LogP contribution in [0, 0.1) is 13.8 Å². The van der Waals surface area contributed by atoms with Gasteiger partial charge in [-0.25, -0.2) is 0 Å². The van der Waals surface area contributed by atoms with Crippen LogP contribution in [-0.4, -0.2) is 44.0 Å². The second-order valence-corrected chi connectivity index (χ2v) is 5.12. The maximum absolute atomic E-state index is 11.6. The number of hydrogen-bond acceptors (Lipinski definition) is 4. The average molecular weight is 295 g/mol. The van der Waals surface area contributed by atoms with Crippen LogP contribution < -0.4 is 10.1 Å². The van der Waals surface area contributed by atoms with Crippen molar-refractivity contribution in [3.63, 3.8) is 0 Å². The second kappa shape index (κ2) is 9.37. The lowest BCUT2D eigenvalue weighted by Gasteiger charge is -2.11. The van der Waals surface area contributed by atoms with Gasteiger partial charge < -0.3 is 19.9 Å². The van der Waals surface area contributed by atoms with Crippen molar-refractivity contribution in [2.75, 3.05) is 26.9 Å². The SMILES string of the molecule is COCC(O)CCNC(=O)CCOc1ccc(C)cc1C. The average Bonchev–Trinajstić information content (AvgIpc) is 2.41. The van der Waals surface area contributed by atoms with Crippen molar-refractivity contribution in [2.45, 2.75) is 32.8 Å². The van der Waals surface area contributed by atoms with Crippen LogP contribution in [0.4, 0.5) is 0 Å². The molecule has 1 unspecified atom stereocenters. The van der Waals surface area contributed by atoms with E-state index in [2.05, 4.69) is 5.32 Å². The normalized spacial score (nSPS) is 12.0. The fourth-order valence-corrected chi connectivity index (χ4v) is 1.96. The molecule has 1 rings (SSSR count). The highest BCUT2D eigenvalue weighted by Crippen LogP contribution is 2.18. The van der Waals surface area contributed by atoms with Gasteiger partial charge in [-0.05, 0) is 31.9 Å². The molecule has 0 aliphatic carbocycles. The first kappa shape index (κ1) is 17.5. The minimum absolute atomic E-state index is 0.0793. The summed E-state index contributed by atoms with van der Waals surface area (Å²) in [6.07, 6.45) is 0.243. The summed E-state index contributed by atoms with van der Waals surface area (Å²) in [7, 11) is 1.53. The Morgan fingerprint density at radius 3 is 2.81 bits per heavy atom. The molecule has 1 atom stereocenters. The minimum Gasteiger partial charge on any atom is -0.493 e. The summed E-state index contributed by atoms with van der Waals surface area (Å²) in [6.45, 7) is 5.08. The van der Waals surface area contributed by atoms with E-state index in [1.165, 1.54) is 12.7 Å². The fourth-order valence-electron chi connectivity index (χ4n) is 1.96. The molecule has 0 fully saturated rings. The molecule has 1 aromatic rings. The highest BCUT2D eigenvalue weighted by Gasteiger charge is 2.06. The van der Waals surface area contributed by atoms with Gasteiger partial charge >= 0.3 is 0 Å². The Kier molecular flexibility index (Phi) is 7.79. The van der Waals surface area contributed by atoms with Gasteiger partial charge in [0.15, 0.2) is 0 Å². The Bertz CT molecular complexity index is 448. The van der Waals surface area contributed by atoms with Gasteiger partial charge in [0.2, 0.25) is 5.91 Å². The lowest BCUT2D eigenvalue weighted by atomic mass is 10.1. The van der Waals surface area contributed by atoms with E-state index in [1.807, 2.05) is 32.0 Å². The third kappa shape index (κ3) is 7.11. The van der Waals surface area contributed by atoms with Crippen LogP contribution in [0.25, 0.3) is 0 Å². The van der Waals surface area contributed by atoms with E-state index in [-0.39, 0.29) is 12.5 Å². The Balaban J connectivity index is 2.18. The zero-order chi connectivity index (χ0) is 15.7. The summed E-state index contributed by atoms with van der Waals surface area (Å²) < 4.78 is 10.4. The van der Waals surface area contributed by atoms with Gasteiger partial charge in [0.05, 0.1) is 25.7 Å². The van der Waals surface area contributed by atoms with Crippen LogP contribution in [0.5, 0.6) is 5.75 Å². The molecule has 0 saturated carbocycles. The van der Waals surface area contributed by atoms with Gasteiger partial charge in [-0.1, -0.05) is 17.7 Å². The van der Waals surface area contributed by atoms with Crippen molar-refractivity contribution < 1.29 is 19.4 Å². The van der Waals surface area contributed by atoms with Crippen LogP contribution in [0.2, 0.25) is 0 Å². The number of benzene rings is 1. The third-order valence-corrected chi connectivity index (χ3v) is 3.08. The highest BCUT2D eigenvalue weighted by molar-refractivity contribution is 5.75. The number of carbonyl (C=O) groups is 1. The maximum Gasteiger partial charge on any atom is 0.223 e. The standard InChI is InChI=1S/C16H25NO4/c1-12-4-5-15(13(2)10-12)21-9-7-16(19)17-8-6-14(18)11-20-3/h4-5,10,14,18H,6-9,11H2,1-3H3,(H,17,19). The number of nitrogens with one attached hydrogen (secondary N) is 1. The van der Waals surface area contributed by atoms with Crippen LogP contribution in [0.1, 0.15) is 24.0 Å². The molecule has 5 nitrogen and oxygen atoms in total. The van der Waals surface area contributed by atoms with Crippen molar-refractivity contribution in [1.29, 1.82) is 0 Å². The quantitative estimate of drug-likeness (QED) is 0.726. The van der Waals surface area contributed by atoms with E-state index in [0.29, 0.717) is 26.0 Å². The van der Waals surface area contributed by atoms with Crippen molar-refractivity contribution in [1.82, 2.24) is 5.32 Å². The summed E-state index contributed by atoms with van der Waals surface area (Å²) in [5, 5.41) is 12.2. The van der Waals surface area contributed by atoms with E-state index in [9.17, 15) is 9.90 Å². The molecular formula is C16H25NO4. The Labute approximate surface area is 126 Å². The molecule has 0 aromatic heterocycles. The van der Waals surface area contributed by atoms with Gasteiger partial charge in [0.1, 0.15) is 5.75 Å². The molecule has 0 spiro atoms. The van der Waals surface area contributed by atoms with Gasteiger partial charge in [-0.3, -0.25) is 4.79 Å². The second-order valence-electron chi connectivity index (χ2n) is 5.12. The Morgan fingerprint density at radius 2 is 2.14 bits per heavy atom. The zero-order valence-electron chi connectivity index (χ0n) is 13.0. The smallest absolute Gasteiger partial charge is 0.223 e. The molecule has 5 heteroatoms. The summed E-state index contributed by atoms with van der Waals surface area (Å²) in [5.74, 6) is 0.730. The number of hydrogen-bond donors (Lipinski definition) is 2. The molecule has 0 bridgehead atoms. The predicted octanol–water partition coefficient (Wildman–Crippen LogP) is 1.59. The molecule has 0 radical (unpaired) electrons. The Morgan fingerprint density at radius 1 is 1.38 bits per heavy atom. The number of rotatable bonds is 9. The maximum atomic E-state index is 11.6. The number of ether oxygens (including phenoxy) is 2. The first-order valence-electron chi connectivity index (χ1n) is 7.16. The highest BCUT2D eigenvalue weighted by atomic mass is 16.5. The van der Waals surface area contributed by atoms with Crippen LogP contribution in [0.3, 0.4) is 0 Å². The van der Waals surface area contributed by atoms with Gasteiger partial charge in [0, 0.05) is 13.7 Å². The number of aryl methyl sites for hydroxylation is 2. The molecule has 118 valence electrons. The minimum atomic E-state index is -0.540. The van der Waals surface area contributed by atoms with Gasteiger partial charge in [-0.2, -0.15) is 0 Å². The molecule has 21 heavy (non-hydrogen) atoms. The first-order valence-corrected chi connectivity index (χ1v) is 7.16. The zero-order valence-corrected chi connectivity index (χ0v) is 13.0. The number of methoxy groups -OCH3 is 1. The largest absolute Gasteiger partial charge is 0.493 e. The van der Waals surface area contributed by atoms with Crippen molar-refractivity contribution in [2.24, 2.45) is 0 Å². The summed E-state index contributed by atoms with van der Waals surface area (Å²) in [4.78, 5) is 11.6. The van der Waals surface area contributed by atoms with E-state index < -0.39 is 6.10 Å². The van der Waals surface area contributed by atoms with E-state index in [0.717, 1.165) is 11.3 Å². The number of aliphatic hydroxyl groups excluding tert-OH is 1. The van der Waals surface area contributed by atoms with E-state index >= 15 is 0 Å². The molecule has 0 heterocycles. The molecule has 1 aromatic carbocycles. The number of amides is 1. The van der Waals surface area contributed by atoms with Crippen molar-refractivity contribution >= 4 is 5.91 Å². The van der Waals surface area contributed by atoms with Crippen molar-refractivity contribution in [3.05, 3.63) is 29.3 Å². The van der Waals surface area contributed by atoms with Gasteiger partial charge in [0.25, 0.3) is 0 Å².